The van der Waals surface area contributed by atoms with Crippen molar-refractivity contribution in [1.82, 2.24) is 0 Å². The van der Waals surface area contributed by atoms with Crippen molar-refractivity contribution in [3.05, 3.63) is 22.8 Å². The molecule has 6 nitrogen and oxygen atoms in total. The van der Waals surface area contributed by atoms with Gasteiger partial charge in [0.05, 0.1) is 0 Å². The molecule has 1 aromatic carbocycles. The van der Waals surface area contributed by atoms with Gasteiger partial charge in [0.2, 0.25) is 0 Å². The van der Waals surface area contributed by atoms with Crippen LogP contribution in [0.4, 0.5) is 0 Å². The molecule has 0 saturated heterocycles. The third-order valence-corrected chi connectivity index (χ3v) is 6.29. The number of carboxylic acid groups (broad SMARTS) is 1. The van der Waals surface area contributed by atoms with Gasteiger partial charge in [0, 0.05) is 22.6 Å². The number of carboxylic acids is 1. The number of aromatic hydroxyl groups is 2. The first-order valence-electron chi connectivity index (χ1n) is 9.01. The van der Waals surface area contributed by atoms with Gasteiger partial charge in [-0.05, 0) is 30.2 Å². The van der Waals surface area contributed by atoms with E-state index in [9.17, 15) is 30.0 Å². The van der Waals surface area contributed by atoms with Crippen molar-refractivity contribution >= 4 is 11.8 Å². The summed E-state index contributed by atoms with van der Waals surface area (Å²) in [5, 5.41) is 42.3. The maximum absolute atomic E-state index is 13.1. The van der Waals surface area contributed by atoms with E-state index in [1.54, 1.807) is 13.8 Å². The topological polar surface area (TPSA) is 115 Å². The number of carbonyl (C=O) groups is 2. The summed E-state index contributed by atoms with van der Waals surface area (Å²) in [7, 11) is 0. The first-order valence-corrected chi connectivity index (χ1v) is 9.01. The second-order valence-corrected chi connectivity index (χ2v) is 8.63. The van der Waals surface area contributed by atoms with Gasteiger partial charge in [0.1, 0.15) is 23.0 Å². The Bertz CT molecular complexity index is 794. The molecule has 3 rings (SSSR count). The molecular formula is C20H26O6. The monoisotopic (exact) mass is 362 g/mol. The van der Waals surface area contributed by atoms with Gasteiger partial charge in [0.25, 0.3) is 0 Å². The number of rotatable bonds is 2. The second-order valence-electron chi connectivity index (χ2n) is 8.63. The minimum Gasteiger partial charge on any atom is -0.508 e. The van der Waals surface area contributed by atoms with Gasteiger partial charge in [-0.15, -0.1) is 0 Å². The van der Waals surface area contributed by atoms with Crippen LogP contribution in [0.2, 0.25) is 0 Å². The first-order chi connectivity index (χ1) is 12.0. The van der Waals surface area contributed by atoms with Crippen LogP contribution in [0.1, 0.15) is 75.7 Å². The number of phenolic OH excluding ortho intramolecular Hbond substituents is 2. The van der Waals surface area contributed by atoms with Gasteiger partial charge in [-0.1, -0.05) is 34.1 Å². The highest BCUT2D eigenvalue weighted by Gasteiger charge is 2.64. The predicted octanol–water partition coefficient (Wildman–Crippen LogP) is 2.99. The lowest BCUT2D eigenvalue weighted by molar-refractivity contribution is -0.162. The van der Waals surface area contributed by atoms with Gasteiger partial charge in [-0.2, -0.15) is 0 Å². The Balaban J connectivity index is 2.45. The van der Waals surface area contributed by atoms with Crippen LogP contribution in [0.3, 0.4) is 0 Å². The number of aliphatic carboxylic acids is 1. The summed E-state index contributed by atoms with van der Waals surface area (Å²) in [6.45, 7) is 7.25. The summed E-state index contributed by atoms with van der Waals surface area (Å²) in [5.74, 6) is -3.52. The van der Waals surface area contributed by atoms with Gasteiger partial charge in [0.15, 0.2) is 5.78 Å². The van der Waals surface area contributed by atoms with Crippen LogP contribution in [0.15, 0.2) is 6.07 Å². The summed E-state index contributed by atoms with van der Waals surface area (Å²) in [5.41, 5.74) is -2.07. The number of carbonyl (C=O) groups excluding carboxylic acids is 1. The molecule has 3 atom stereocenters. The van der Waals surface area contributed by atoms with E-state index in [4.69, 9.17) is 0 Å². The van der Waals surface area contributed by atoms with Crippen LogP contribution in [-0.2, 0) is 15.0 Å². The number of aliphatic hydroxyl groups is 1. The summed E-state index contributed by atoms with van der Waals surface area (Å²) in [6.07, 6.45) is -0.248. The van der Waals surface area contributed by atoms with Crippen molar-refractivity contribution in [3.8, 4) is 11.5 Å². The normalized spacial score (nSPS) is 30.0. The van der Waals surface area contributed by atoms with Gasteiger partial charge >= 0.3 is 5.97 Å². The standard InChI is InChI=1S/C20H26O6/c1-9(2)10-8-11(21)13-12(14(10)22)15(23)16(24)17-19(3,4)6-5-7-20(13,17)18(25)26/h8-9,15,17,21-23H,5-7H2,1-4H3,(H,25,26)/t15?,17?,20-/m0/s1. The number of Topliss-reactive ketones (excluding diaryl/α,β-unsaturated/α-hetero) is 1. The molecule has 0 heterocycles. The zero-order valence-corrected chi connectivity index (χ0v) is 15.5. The molecule has 0 aromatic heterocycles. The average Bonchev–Trinajstić information content (AvgIpc) is 2.52. The van der Waals surface area contributed by atoms with Crippen LogP contribution in [0, 0.1) is 11.3 Å². The van der Waals surface area contributed by atoms with Crippen LogP contribution in [0.5, 0.6) is 11.5 Å². The molecule has 26 heavy (non-hydrogen) atoms. The Morgan fingerprint density at radius 1 is 1.23 bits per heavy atom. The van der Waals surface area contributed by atoms with Crippen molar-refractivity contribution in [3.63, 3.8) is 0 Å². The highest BCUT2D eigenvalue weighted by atomic mass is 16.4. The van der Waals surface area contributed by atoms with Crippen molar-refractivity contribution in [2.24, 2.45) is 11.3 Å². The molecule has 1 aromatic rings. The SMILES string of the molecule is CC(C)c1cc(O)c2c(c1O)C(O)C(=O)C1C(C)(C)CCC[C@]21C(=O)O. The third kappa shape index (κ3) is 2.21. The minimum absolute atomic E-state index is 0.00299. The molecule has 1 saturated carbocycles. The van der Waals surface area contributed by atoms with E-state index in [1.165, 1.54) is 6.07 Å². The molecule has 0 amide bonds. The van der Waals surface area contributed by atoms with E-state index in [1.807, 2.05) is 13.8 Å². The van der Waals surface area contributed by atoms with Crippen molar-refractivity contribution in [1.29, 1.82) is 0 Å². The fourth-order valence-corrected chi connectivity index (χ4v) is 5.19. The Kier molecular flexibility index (Phi) is 4.11. The maximum atomic E-state index is 13.1. The molecule has 2 unspecified atom stereocenters. The zero-order chi connectivity index (χ0) is 19.6. The van der Waals surface area contributed by atoms with Crippen LogP contribution in [-0.4, -0.2) is 32.2 Å². The summed E-state index contributed by atoms with van der Waals surface area (Å²) in [6, 6.07) is 1.37. The summed E-state index contributed by atoms with van der Waals surface area (Å²) < 4.78 is 0. The Morgan fingerprint density at radius 3 is 2.38 bits per heavy atom. The fourth-order valence-electron chi connectivity index (χ4n) is 5.19. The lowest BCUT2D eigenvalue weighted by Gasteiger charge is -2.53. The molecule has 6 heteroatoms. The van der Waals surface area contributed by atoms with Crippen LogP contribution in [0.25, 0.3) is 0 Å². The van der Waals surface area contributed by atoms with E-state index in [-0.39, 0.29) is 35.0 Å². The third-order valence-electron chi connectivity index (χ3n) is 6.29. The molecule has 0 spiro atoms. The molecule has 0 aliphatic heterocycles. The second kappa shape index (κ2) is 5.71. The average molecular weight is 362 g/mol. The number of phenols is 2. The van der Waals surface area contributed by atoms with E-state index >= 15 is 0 Å². The number of aliphatic hydroxyl groups excluding tert-OH is 1. The van der Waals surface area contributed by atoms with E-state index < -0.39 is 34.6 Å². The minimum atomic E-state index is -1.65. The summed E-state index contributed by atoms with van der Waals surface area (Å²) in [4.78, 5) is 25.6. The molecular weight excluding hydrogens is 336 g/mol. The van der Waals surface area contributed by atoms with Gasteiger partial charge < -0.3 is 20.4 Å². The van der Waals surface area contributed by atoms with Crippen molar-refractivity contribution in [2.45, 2.75) is 64.4 Å². The van der Waals surface area contributed by atoms with E-state index in [2.05, 4.69) is 0 Å². The van der Waals surface area contributed by atoms with Gasteiger partial charge in [-0.3, -0.25) is 9.59 Å². The zero-order valence-electron chi connectivity index (χ0n) is 15.5. The van der Waals surface area contributed by atoms with E-state index in [0.717, 1.165) is 0 Å². The summed E-state index contributed by atoms with van der Waals surface area (Å²) >= 11 is 0. The van der Waals surface area contributed by atoms with Crippen molar-refractivity contribution in [2.75, 3.05) is 0 Å². The molecule has 0 bridgehead atoms. The van der Waals surface area contributed by atoms with Crippen LogP contribution < -0.4 is 0 Å². The highest BCUT2D eigenvalue weighted by molar-refractivity contribution is 6.00. The molecule has 2 aliphatic carbocycles. The van der Waals surface area contributed by atoms with Crippen LogP contribution >= 0.6 is 0 Å². The quantitative estimate of drug-likeness (QED) is 0.601. The Labute approximate surface area is 152 Å². The smallest absolute Gasteiger partial charge is 0.315 e. The Hall–Kier alpha value is -2.08. The lowest BCUT2D eigenvalue weighted by atomic mass is 9.48. The lowest BCUT2D eigenvalue weighted by Crippen LogP contribution is -2.59. The van der Waals surface area contributed by atoms with E-state index in [0.29, 0.717) is 18.4 Å². The number of hydrogen-bond acceptors (Lipinski definition) is 5. The molecule has 2 aliphatic rings. The number of fused-ring (bicyclic) bond motifs is 3. The first kappa shape index (κ1) is 18.7. The largest absolute Gasteiger partial charge is 0.508 e. The number of ketones is 1. The van der Waals surface area contributed by atoms with Gasteiger partial charge in [-0.25, -0.2) is 0 Å². The fraction of sp³-hybridized carbons (Fsp3) is 0.600. The Morgan fingerprint density at radius 2 is 1.85 bits per heavy atom. The molecule has 1 fully saturated rings. The maximum Gasteiger partial charge on any atom is 0.315 e. The highest BCUT2D eigenvalue weighted by Crippen LogP contribution is 2.61. The molecule has 4 N–H and O–H groups in total. The molecule has 0 radical (unpaired) electrons. The predicted molar refractivity (Wildman–Crippen MR) is 94.3 cm³/mol. The number of hydrogen-bond donors (Lipinski definition) is 4. The van der Waals surface area contributed by atoms with Crippen molar-refractivity contribution < 1.29 is 30.0 Å². The number of benzene rings is 1. The molecule has 142 valence electrons.